The molecule has 1 aliphatic heterocycles. The molecule has 0 radical (unpaired) electrons. The van der Waals surface area contributed by atoms with Crippen LogP contribution in [0.15, 0.2) is 18.2 Å². The molecule has 0 aromatic heterocycles. The molecule has 1 atom stereocenters. The van der Waals surface area contributed by atoms with Crippen molar-refractivity contribution in [2.45, 2.75) is 32.6 Å². The molecule has 0 aliphatic carbocycles. The van der Waals surface area contributed by atoms with Gasteiger partial charge in [-0.05, 0) is 31.9 Å². The van der Waals surface area contributed by atoms with Crippen LogP contribution in [0.1, 0.15) is 36.8 Å². The van der Waals surface area contributed by atoms with E-state index in [1.807, 2.05) is 26.0 Å². The first kappa shape index (κ1) is 10.8. The number of aryl methyl sites for hydroxylation is 1. The van der Waals surface area contributed by atoms with Crippen LogP contribution in [0.4, 0.5) is 5.69 Å². The normalized spacial score (nSPS) is 17.4. The molecule has 0 bridgehead atoms. The van der Waals surface area contributed by atoms with Gasteiger partial charge in [-0.3, -0.25) is 4.79 Å². The Labute approximate surface area is 96.1 Å². The molecule has 1 aromatic carbocycles. The van der Waals surface area contributed by atoms with Crippen molar-refractivity contribution in [1.29, 1.82) is 0 Å². The van der Waals surface area contributed by atoms with E-state index in [0.717, 1.165) is 24.1 Å². The van der Waals surface area contributed by atoms with Crippen molar-refractivity contribution in [3.8, 4) is 11.8 Å². The molecule has 1 N–H and O–H groups in total. The van der Waals surface area contributed by atoms with Gasteiger partial charge in [-0.15, -0.1) is 11.8 Å². The second-order valence-corrected chi connectivity index (χ2v) is 4.10. The predicted octanol–water partition coefficient (Wildman–Crippen LogP) is 2.83. The van der Waals surface area contributed by atoms with Crippen LogP contribution in [0.3, 0.4) is 0 Å². The lowest BCUT2D eigenvalue weighted by atomic mass is 9.94. The highest BCUT2D eigenvalue weighted by molar-refractivity contribution is 6.02. The smallest absolute Gasteiger partial charge is 0.232 e. The van der Waals surface area contributed by atoms with Gasteiger partial charge in [-0.2, -0.15) is 0 Å². The van der Waals surface area contributed by atoms with E-state index in [0.29, 0.717) is 0 Å². The topological polar surface area (TPSA) is 29.1 Å². The van der Waals surface area contributed by atoms with E-state index < -0.39 is 0 Å². The molecule has 2 nitrogen and oxygen atoms in total. The van der Waals surface area contributed by atoms with Crippen LogP contribution >= 0.6 is 0 Å². The van der Waals surface area contributed by atoms with Crippen LogP contribution in [-0.2, 0) is 4.79 Å². The Morgan fingerprint density at radius 3 is 3.00 bits per heavy atom. The van der Waals surface area contributed by atoms with Gasteiger partial charge in [0.1, 0.15) is 0 Å². The second kappa shape index (κ2) is 4.40. The number of nitrogens with one attached hydrogen (secondary N) is 1. The third-order valence-corrected chi connectivity index (χ3v) is 2.89. The summed E-state index contributed by atoms with van der Waals surface area (Å²) in [7, 11) is 0. The molecule has 1 aliphatic rings. The fourth-order valence-electron chi connectivity index (χ4n) is 2.07. The summed E-state index contributed by atoms with van der Waals surface area (Å²) in [4.78, 5) is 11.8. The molecule has 82 valence electrons. The maximum absolute atomic E-state index is 11.8. The van der Waals surface area contributed by atoms with Gasteiger partial charge < -0.3 is 5.32 Å². The van der Waals surface area contributed by atoms with E-state index in [9.17, 15) is 4.79 Å². The highest BCUT2D eigenvalue weighted by Gasteiger charge is 2.29. The lowest BCUT2D eigenvalue weighted by Crippen LogP contribution is -2.11. The standard InChI is InChI=1S/C14H15NO/c1-3-4-5-6-11-12-9-10(2)7-8-13(12)15-14(11)16/h7-9,11H,5-6H2,1-2H3,(H,15,16). The zero-order valence-electron chi connectivity index (χ0n) is 9.63. The third-order valence-electron chi connectivity index (χ3n) is 2.89. The van der Waals surface area contributed by atoms with Gasteiger partial charge in [-0.1, -0.05) is 17.7 Å². The Bertz CT molecular complexity index is 479. The minimum Gasteiger partial charge on any atom is -0.325 e. The van der Waals surface area contributed by atoms with E-state index in [-0.39, 0.29) is 11.8 Å². The second-order valence-electron chi connectivity index (χ2n) is 4.10. The molecule has 0 fully saturated rings. The van der Waals surface area contributed by atoms with Crippen molar-refractivity contribution in [3.05, 3.63) is 29.3 Å². The van der Waals surface area contributed by atoms with E-state index in [1.54, 1.807) is 0 Å². The molecule has 1 unspecified atom stereocenters. The van der Waals surface area contributed by atoms with E-state index in [1.165, 1.54) is 5.56 Å². The fraction of sp³-hybridized carbons (Fsp3) is 0.357. The number of anilines is 1. The molecular weight excluding hydrogens is 198 g/mol. The Balaban J connectivity index is 2.23. The lowest BCUT2D eigenvalue weighted by Gasteiger charge is -2.06. The van der Waals surface area contributed by atoms with Crippen molar-refractivity contribution < 1.29 is 4.79 Å². The van der Waals surface area contributed by atoms with Crippen LogP contribution < -0.4 is 5.32 Å². The number of hydrogen-bond acceptors (Lipinski definition) is 1. The maximum atomic E-state index is 11.8. The van der Waals surface area contributed by atoms with E-state index in [4.69, 9.17) is 0 Å². The summed E-state index contributed by atoms with van der Waals surface area (Å²) < 4.78 is 0. The summed E-state index contributed by atoms with van der Waals surface area (Å²) in [5.74, 6) is 5.96. The molecule has 2 heteroatoms. The van der Waals surface area contributed by atoms with Gasteiger partial charge in [0.05, 0.1) is 5.92 Å². The zero-order valence-corrected chi connectivity index (χ0v) is 9.63. The number of carbonyl (C=O) groups is 1. The average molecular weight is 213 g/mol. The van der Waals surface area contributed by atoms with Gasteiger partial charge in [-0.25, -0.2) is 0 Å². The van der Waals surface area contributed by atoms with Gasteiger partial charge in [0, 0.05) is 12.1 Å². The Morgan fingerprint density at radius 2 is 2.25 bits per heavy atom. The fourth-order valence-corrected chi connectivity index (χ4v) is 2.07. The van der Waals surface area contributed by atoms with Crippen LogP contribution in [0, 0.1) is 18.8 Å². The summed E-state index contributed by atoms with van der Waals surface area (Å²) in [5.41, 5.74) is 3.29. The van der Waals surface area contributed by atoms with Gasteiger partial charge in [0.15, 0.2) is 0 Å². The van der Waals surface area contributed by atoms with Gasteiger partial charge >= 0.3 is 0 Å². The zero-order chi connectivity index (χ0) is 11.5. The minimum atomic E-state index is -0.0178. The first-order valence-corrected chi connectivity index (χ1v) is 5.53. The third kappa shape index (κ3) is 1.94. The van der Waals surface area contributed by atoms with Gasteiger partial charge in [0.25, 0.3) is 0 Å². The monoisotopic (exact) mass is 213 g/mol. The first-order chi connectivity index (χ1) is 7.72. The van der Waals surface area contributed by atoms with E-state index in [2.05, 4.69) is 23.2 Å². The summed E-state index contributed by atoms with van der Waals surface area (Å²) in [6.45, 7) is 3.87. The Hall–Kier alpha value is -1.75. The van der Waals surface area contributed by atoms with Crippen LogP contribution in [0.2, 0.25) is 0 Å². The summed E-state index contributed by atoms with van der Waals surface area (Å²) in [6.07, 6.45) is 1.59. The molecule has 0 spiro atoms. The van der Waals surface area contributed by atoms with Crippen LogP contribution in [-0.4, -0.2) is 5.91 Å². The van der Waals surface area contributed by atoms with Crippen molar-refractivity contribution >= 4 is 11.6 Å². The molecule has 1 amide bonds. The summed E-state index contributed by atoms with van der Waals surface area (Å²) in [6, 6.07) is 6.10. The molecule has 0 saturated carbocycles. The maximum Gasteiger partial charge on any atom is 0.232 e. The Morgan fingerprint density at radius 1 is 1.44 bits per heavy atom. The molecule has 16 heavy (non-hydrogen) atoms. The summed E-state index contributed by atoms with van der Waals surface area (Å²) >= 11 is 0. The number of carbonyl (C=O) groups excluding carboxylic acids is 1. The predicted molar refractivity (Wildman–Crippen MR) is 65.2 cm³/mol. The number of rotatable bonds is 2. The van der Waals surface area contributed by atoms with E-state index >= 15 is 0 Å². The molecule has 1 aromatic rings. The van der Waals surface area contributed by atoms with Crippen molar-refractivity contribution in [2.75, 3.05) is 5.32 Å². The molecule has 1 heterocycles. The molecule has 2 rings (SSSR count). The highest BCUT2D eigenvalue weighted by Crippen LogP contribution is 2.35. The summed E-state index contributed by atoms with van der Waals surface area (Å²) in [5, 5.41) is 2.91. The van der Waals surface area contributed by atoms with Crippen molar-refractivity contribution in [2.24, 2.45) is 0 Å². The Kier molecular flexibility index (Phi) is 2.96. The van der Waals surface area contributed by atoms with Crippen molar-refractivity contribution in [1.82, 2.24) is 0 Å². The average Bonchev–Trinajstić information content (AvgIpc) is 2.56. The molecular formula is C14H15NO. The lowest BCUT2D eigenvalue weighted by molar-refractivity contribution is -0.117. The SMILES string of the molecule is CC#CCCC1C(=O)Nc2ccc(C)cc21. The minimum absolute atomic E-state index is 0.0178. The number of benzene rings is 1. The highest BCUT2D eigenvalue weighted by atomic mass is 16.2. The van der Waals surface area contributed by atoms with Crippen LogP contribution in [0.5, 0.6) is 0 Å². The quantitative estimate of drug-likeness (QED) is 0.752. The molecule has 0 saturated heterocycles. The van der Waals surface area contributed by atoms with Crippen molar-refractivity contribution in [3.63, 3.8) is 0 Å². The van der Waals surface area contributed by atoms with Gasteiger partial charge in [0.2, 0.25) is 5.91 Å². The first-order valence-electron chi connectivity index (χ1n) is 5.53. The number of amides is 1. The number of hydrogen-bond donors (Lipinski definition) is 1. The number of fused-ring (bicyclic) bond motifs is 1. The van der Waals surface area contributed by atoms with Crippen LogP contribution in [0.25, 0.3) is 0 Å². The largest absolute Gasteiger partial charge is 0.325 e.